The van der Waals surface area contributed by atoms with E-state index in [2.05, 4.69) is 63.7 Å². The van der Waals surface area contributed by atoms with E-state index >= 15 is 0 Å². The third-order valence-corrected chi connectivity index (χ3v) is 32.7. The number of halogens is 8. The monoisotopic (exact) mass is 2000 g/mol. The number of rotatable bonds is 6. The number of benzene rings is 15. The quantitative estimate of drug-likeness (QED) is 0.0861. The second kappa shape index (κ2) is 29.3. The van der Waals surface area contributed by atoms with Gasteiger partial charge in [-0.15, -0.1) is 0 Å². The molecule has 6 aliphatic heterocycles. The van der Waals surface area contributed by atoms with Crippen LogP contribution in [0.15, 0.2) is 115 Å². The second-order valence-electron chi connectivity index (χ2n) is 35.2. The van der Waals surface area contributed by atoms with Crippen LogP contribution in [0.4, 0.5) is 0 Å². The predicted molar refractivity (Wildman–Crippen MR) is 505 cm³/mol. The Labute approximate surface area is 771 Å². The molecule has 0 bridgehead atoms. The van der Waals surface area contributed by atoms with Crippen molar-refractivity contribution in [3.63, 3.8) is 0 Å². The summed E-state index contributed by atoms with van der Waals surface area (Å²) in [7, 11) is 0. The molecule has 0 unspecified atom stereocenters. The fourth-order valence-electron chi connectivity index (χ4n) is 23.6. The van der Waals surface area contributed by atoms with Crippen molar-refractivity contribution in [1.82, 2.24) is 29.4 Å². The van der Waals surface area contributed by atoms with E-state index in [-0.39, 0.29) is 122 Å². The predicted octanol–water partition coefficient (Wildman–Crippen LogP) is 25.8. The van der Waals surface area contributed by atoms with Gasteiger partial charge in [0.05, 0.1) is 22.3 Å². The number of hydrogen-bond acceptors (Lipinski definition) is 12. The summed E-state index contributed by atoms with van der Waals surface area (Å²) in [6, 6.07) is 28.3. The normalized spacial score (nSPS) is 18.6. The SMILES string of the molecule is CCN1C(=O)c2ccc3c4c(Br)cc5c6c(cc(Br)c(c7ccc(c2c37)C1=O)c64)C(=O)N(CC)C5=O.O=C1c2cc(Cl)c3c4c(Cl)cc5c6c(cc(Cl)c(c7c(Cl)cc(c2c37)C(=O)N1C1CCCCC1)c64)C(=O)N(C1CCCCC1)C5=O.O=C1c2ccc3c4c(Br)cc5c6c(ccc(c7c(Br)cc(c2c37)C(=O)N1C1CCCCC1)c64)C(=O)N(C1CCCCC1)C5=O. The smallest absolute Gasteiger partial charge is 0.261 e. The Hall–Kier alpha value is -9.88. The highest BCUT2D eigenvalue weighted by Crippen LogP contribution is 2.58. The summed E-state index contributed by atoms with van der Waals surface area (Å²) in [6.45, 7) is 4.15. The summed E-state index contributed by atoms with van der Waals surface area (Å²) >= 11 is 43.5. The molecule has 4 saturated carbocycles. The van der Waals surface area contributed by atoms with Crippen LogP contribution in [-0.4, -0.2) is 138 Å². The molecule has 15 aromatic rings. The summed E-state index contributed by atoms with van der Waals surface area (Å²) in [5.41, 5.74) is 5.45. The number of hydrogen-bond donors (Lipinski definition) is 0. The molecule has 25 rings (SSSR count). The van der Waals surface area contributed by atoms with E-state index in [4.69, 9.17) is 46.4 Å². The van der Waals surface area contributed by atoms with Crippen LogP contribution in [0, 0.1) is 0 Å². The van der Waals surface area contributed by atoms with Crippen LogP contribution in [0.1, 0.15) is 267 Å². The number of nitrogens with zero attached hydrogens (tertiary/aromatic N) is 6. The summed E-state index contributed by atoms with van der Waals surface area (Å²) in [6.07, 6.45) is 18.7. The molecular weight excluding hydrogens is 1940 g/mol. The maximum absolute atomic E-state index is 14.1. The Bertz CT molecular complexity index is 7230. The highest BCUT2D eigenvalue weighted by Gasteiger charge is 2.48. The highest BCUT2D eigenvalue weighted by molar-refractivity contribution is 9.11. The molecule has 0 N–H and O–H groups in total. The molecule has 0 spiro atoms. The average Bonchev–Trinajstić information content (AvgIpc) is 0.684. The molecule has 628 valence electrons. The van der Waals surface area contributed by atoms with Crippen molar-refractivity contribution in [3.05, 3.63) is 202 Å². The minimum Gasteiger partial charge on any atom is -0.275 e. The molecule has 26 heteroatoms. The minimum absolute atomic E-state index is 0.0766. The van der Waals surface area contributed by atoms with Crippen molar-refractivity contribution in [2.24, 2.45) is 0 Å². The maximum Gasteiger partial charge on any atom is 0.261 e. The van der Waals surface area contributed by atoms with Gasteiger partial charge in [0.1, 0.15) is 0 Å². The van der Waals surface area contributed by atoms with Gasteiger partial charge < -0.3 is 0 Å². The van der Waals surface area contributed by atoms with E-state index in [1.165, 1.54) is 29.4 Å². The first-order chi connectivity index (χ1) is 60.8. The van der Waals surface area contributed by atoms with Crippen LogP contribution in [-0.2, 0) is 0 Å². The van der Waals surface area contributed by atoms with E-state index in [0.717, 1.165) is 202 Å². The van der Waals surface area contributed by atoms with Crippen molar-refractivity contribution in [2.75, 3.05) is 13.1 Å². The van der Waals surface area contributed by atoms with Crippen LogP contribution in [0.25, 0.3) is 129 Å². The second-order valence-corrected chi connectivity index (χ2v) is 40.2. The first-order valence-electron chi connectivity index (χ1n) is 43.3. The van der Waals surface area contributed by atoms with Gasteiger partial charge in [-0.3, -0.25) is 86.9 Å². The number of imide groups is 6. The van der Waals surface area contributed by atoms with E-state index in [1.807, 2.05) is 48.5 Å². The van der Waals surface area contributed by atoms with E-state index in [1.54, 1.807) is 62.4 Å². The number of carbonyl (C=O) groups is 12. The van der Waals surface area contributed by atoms with Gasteiger partial charge in [-0.1, -0.05) is 211 Å². The van der Waals surface area contributed by atoms with Crippen LogP contribution in [0.5, 0.6) is 0 Å². The van der Waals surface area contributed by atoms with Crippen LogP contribution in [0.2, 0.25) is 20.1 Å². The van der Waals surface area contributed by atoms with Gasteiger partial charge in [0, 0.05) is 222 Å². The summed E-state index contributed by atoms with van der Waals surface area (Å²) < 4.78 is 2.93. The van der Waals surface area contributed by atoms with Gasteiger partial charge in [-0.2, -0.15) is 0 Å². The number of amides is 12. The Morgan fingerprint density at radius 2 is 0.413 bits per heavy atom. The molecule has 15 aromatic carbocycles. The minimum atomic E-state index is -0.377. The number of carbonyl (C=O) groups excluding carboxylic acids is 12. The first kappa shape index (κ1) is 80.7. The van der Waals surface area contributed by atoms with Gasteiger partial charge in [0.25, 0.3) is 70.9 Å². The zero-order valence-electron chi connectivity index (χ0n) is 67.7. The molecular formula is C100H70Br4Cl4N6O12. The first-order valence-corrected chi connectivity index (χ1v) is 47.9. The molecule has 4 fully saturated rings. The largest absolute Gasteiger partial charge is 0.275 e. The zero-order valence-corrected chi connectivity index (χ0v) is 77.1. The summed E-state index contributed by atoms with van der Waals surface area (Å²) in [4.78, 5) is 174. The van der Waals surface area contributed by atoms with Gasteiger partial charge in [0.2, 0.25) is 0 Å². The Morgan fingerprint density at radius 1 is 0.222 bits per heavy atom. The van der Waals surface area contributed by atoms with Crippen molar-refractivity contribution >= 4 is 310 Å². The van der Waals surface area contributed by atoms with Crippen molar-refractivity contribution in [3.8, 4) is 0 Å². The van der Waals surface area contributed by atoms with E-state index in [9.17, 15) is 57.5 Å². The van der Waals surface area contributed by atoms with Gasteiger partial charge in [-0.05, 0) is 165 Å². The third-order valence-electron chi connectivity index (χ3n) is 29.0. The fourth-order valence-corrected chi connectivity index (χ4v) is 27.4. The molecule has 0 radical (unpaired) electrons. The average molecular weight is 2010 g/mol. The molecule has 4 aliphatic carbocycles. The Morgan fingerprint density at radius 3 is 0.675 bits per heavy atom. The summed E-state index contributed by atoms with van der Waals surface area (Å²) in [5.74, 6) is -3.64. The van der Waals surface area contributed by atoms with Crippen molar-refractivity contribution in [1.29, 1.82) is 0 Å². The topological polar surface area (TPSA) is 224 Å². The molecule has 12 amide bonds. The highest BCUT2D eigenvalue weighted by atomic mass is 79.9. The van der Waals surface area contributed by atoms with E-state index < -0.39 is 0 Å². The third kappa shape index (κ3) is 10.9. The molecule has 10 aliphatic rings. The van der Waals surface area contributed by atoms with Gasteiger partial charge in [0.15, 0.2) is 0 Å². The zero-order chi connectivity index (χ0) is 87.0. The van der Waals surface area contributed by atoms with Crippen molar-refractivity contribution < 1.29 is 57.5 Å². The lowest BCUT2D eigenvalue weighted by Crippen LogP contribution is -2.48. The molecule has 18 nitrogen and oxygen atoms in total. The summed E-state index contributed by atoms with van der Waals surface area (Å²) in [5, 5.41) is 17.9. The fraction of sp³-hybridized carbons (Fsp3) is 0.280. The molecule has 6 heterocycles. The standard InChI is InChI=1S/C36H28Br2N2O4.C36H26Cl4N2O4.C28H16Br2N2O4/c37-25-15-23-27-21(33(41)39(35(23)43)17-7-3-1-4-8-17)13-11-19-30-26(38)16-24-28-22(14-12-20(32(28)30)29(25)31(19)27)34(42)40(36(24)44)18-9-5-2-6-10-18;37-21-11-17-25-18(34(44)41(33(17)43)15-7-3-1-4-8-15)12-22(38)28-30-24(40)14-20-26-19(13-23(39)29(32(26)30)27(21)31(25)28)35(45)42(36(20)46)16-9-5-2-6-10-16;1-3-31-25(33)13-7-5-11-19-12(6-8-14(20(13)19)26(31)34)23-18(30)10-16-21-15(9-17(29)22(11)24(21)23)27(35)32(4-2)28(16)36/h11-18H,1-10H2;11-16H,1-10H2;5-10H,3-4H2,1-2H3. The van der Waals surface area contributed by atoms with E-state index in [0.29, 0.717) is 147 Å². The Kier molecular flexibility index (Phi) is 18.8. The lowest BCUT2D eigenvalue weighted by atomic mass is 9.81. The van der Waals surface area contributed by atoms with Crippen molar-refractivity contribution in [2.45, 2.75) is 166 Å². The molecule has 0 atom stereocenters. The molecule has 0 saturated heterocycles. The van der Waals surface area contributed by atoms with Gasteiger partial charge in [-0.25, -0.2) is 0 Å². The molecule has 126 heavy (non-hydrogen) atoms. The van der Waals surface area contributed by atoms with Crippen LogP contribution < -0.4 is 0 Å². The van der Waals surface area contributed by atoms with Gasteiger partial charge >= 0.3 is 0 Å². The van der Waals surface area contributed by atoms with Crippen LogP contribution in [0.3, 0.4) is 0 Å². The lowest BCUT2D eigenvalue weighted by Gasteiger charge is -2.37. The van der Waals surface area contributed by atoms with Crippen LogP contribution >= 0.6 is 110 Å². The Balaban J connectivity index is 0.000000110. The maximum atomic E-state index is 14.1. The lowest BCUT2D eigenvalue weighted by molar-refractivity contribution is 0.0487. The molecule has 0 aromatic heterocycles. The number of fused-ring (bicyclic) bond motifs is 6.